The number of aromatic hydroxyl groups is 1. The Morgan fingerprint density at radius 3 is 2.44 bits per heavy atom. The van der Waals surface area contributed by atoms with Gasteiger partial charge in [0.25, 0.3) is 5.56 Å². The molecule has 6 nitrogen and oxygen atoms in total. The Morgan fingerprint density at radius 1 is 0.972 bits per heavy atom. The maximum Gasteiger partial charge on any atom is 0.354 e. The fourth-order valence-electron chi connectivity index (χ4n) is 4.13. The SMILES string of the molecule is COc1cccc(-n2c(-c3ccccc3)c(C)c3oc(=O)c(Sc4cccc(F)c4)c(O)c3c2=O)c1. The Hall–Kier alpha value is -4.30. The van der Waals surface area contributed by atoms with E-state index >= 15 is 0 Å². The van der Waals surface area contributed by atoms with Gasteiger partial charge in [-0.2, -0.15) is 0 Å². The molecule has 0 aliphatic rings. The van der Waals surface area contributed by atoms with Crippen LogP contribution >= 0.6 is 11.8 Å². The van der Waals surface area contributed by atoms with Gasteiger partial charge in [-0.15, -0.1) is 0 Å². The van der Waals surface area contributed by atoms with Crippen LogP contribution in [0.1, 0.15) is 5.56 Å². The van der Waals surface area contributed by atoms with Gasteiger partial charge in [-0.1, -0.05) is 54.2 Å². The predicted octanol–water partition coefficient (Wildman–Crippen LogP) is 5.92. The summed E-state index contributed by atoms with van der Waals surface area (Å²) in [6.07, 6.45) is 0. The van der Waals surface area contributed by atoms with Crippen LogP contribution in [0.3, 0.4) is 0 Å². The largest absolute Gasteiger partial charge is 0.505 e. The summed E-state index contributed by atoms with van der Waals surface area (Å²) in [7, 11) is 1.53. The fourth-order valence-corrected chi connectivity index (χ4v) is 5.01. The van der Waals surface area contributed by atoms with Gasteiger partial charge >= 0.3 is 5.63 Å². The molecule has 0 amide bonds. The Kier molecular flexibility index (Phi) is 6.12. The van der Waals surface area contributed by atoms with Crippen molar-refractivity contribution in [1.29, 1.82) is 0 Å². The highest BCUT2D eigenvalue weighted by Gasteiger charge is 2.25. The van der Waals surface area contributed by atoms with Crippen molar-refractivity contribution in [2.24, 2.45) is 0 Å². The van der Waals surface area contributed by atoms with E-state index in [1.165, 1.54) is 29.9 Å². The van der Waals surface area contributed by atoms with E-state index in [4.69, 9.17) is 9.15 Å². The molecule has 0 saturated heterocycles. The van der Waals surface area contributed by atoms with Gasteiger partial charge in [-0.05, 0) is 42.8 Å². The Bertz CT molecular complexity index is 1730. The standard InChI is InChI=1S/C28H20FNO5S/c1-16-23(17-8-4-3-5-9-17)30(19-11-7-12-20(15-19)34-2)27(32)22-24(31)26(28(33)35-25(16)22)36-21-13-6-10-18(29)14-21/h3-15,31H,1-2H3. The average molecular weight is 502 g/mol. The second kappa shape index (κ2) is 9.39. The van der Waals surface area contributed by atoms with Crippen LogP contribution in [0.2, 0.25) is 0 Å². The average Bonchev–Trinajstić information content (AvgIpc) is 2.88. The first-order chi connectivity index (χ1) is 17.4. The third-order valence-electron chi connectivity index (χ3n) is 5.77. The minimum atomic E-state index is -0.824. The number of benzene rings is 3. The van der Waals surface area contributed by atoms with Gasteiger partial charge in [0.05, 0.1) is 18.5 Å². The zero-order valence-corrected chi connectivity index (χ0v) is 20.1. The van der Waals surface area contributed by atoms with E-state index in [9.17, 15) is 19.1 Å². The molecule has 3 aromatic carbocycles. The molecule has 0 aliphatic carbocycles. The Balaban J connectivity index is 1.87. The van der Waals surface area contributed by atoms with Gasteiger partial charge in [0.2, 0.25) is 0 Å². The molecule has 8 heteroatoms. The van der Waals surface area contributed by atoms with Gasteiger partial charge in [0, 0.05) is 16.5 Å². The molecule has 2 aromatic heterocycles. The van der Waals surface area contributed by atoms with Gasteiger partial charge in [0.1, 0.15) is 21.8 Å². The van der Waals surface area contributed by atoms with Crippen LogP contribution < -0.4 is 15.9 Å². The van der Waals surface area contributed by atoms with Crippen molar-refractivity contribution in [1.82, 2.24) is 4.57 Å². The first-order valence-electron chi connectivity index (χ1n) is 11.0. The van der Waals surface area contributed by atoms with Crippen molar-refractivity contribution in [3.8, 4) is 28.4 Å². The predicted molar refractivity (Wildman–Crippen MR) is 137 cm³/mol. The van der Waals surface area contributed by atoms with Gasteiger partial charge in [-0.25, -0.2) is 9.18 Å². The van der Waals surface area contributed by atoms with Crippen molar-refractivity contribution < 1.29 is 18.7 Å². The fraction of sp³-hybridized carbons (Fsp3) is 0.0714. The summed E-state index contributed by atoms with van der Waals surface area (Å²) < 4.78 is 26.1. The van der Waals surface area contributed by atoms with Gasteiger partial charge in [0.15, 0.2) is 11.3 Å². The van der Waals surface area contributed by atoms with Crippen LogP contribution in [-0.4, -0.2) is 16.8 Å². The normalized spacial score (nSPS) is 11.1. The minimum Gasteiger partial charge on any atom is -0.505 e. The molecule has 2 heterocycles. The lowest BCUT2D eigenvalue weighted by Gasteiger charge is -2.19. The van der Waals surface area contributed by atoms with E-state index in [1.807, 2.05) is 30.3 Å². The molecule has 1 N–H and O–H groups in total. The molecule has 0 atom stereocenters. The van der Waals surface area contributed by atoms with E-state index in [2.05, 4.69) is 0 Å². The van der Waals surface area contributed by atoms with Crippen molar-refractivity contribution >= 4 is 22.7 Å². The van der Waals surface area contributed by atoms with Crippen molar-refractivity contribution in [2.75, 3.05) is 7.11 Å². The van der Waals surface area contributed by atoms with Crippen molar-refractivity contribution in [3.05, 3.63) is 111 Å². The molecule has 0 bridgehead atoms. The number of fused-ring (bicyclic) bond motifs is 1. The van der Waals surface area contributed by atoms with E-state index in [0.29, 0.717) is 27.6 Å². The summed E-state index contributed by atoms with van der Waals surface area (Å²) in [5.41, 5.74) is 0.817. The number of nitrogens with zero attached hydrogens (tertiary/aromatic N) is 1. The third kappa shape index (κ3) is 4.05. The maximum absolute atomic E-state index is 14.0. The van der Waals surface area contributed by atoms with Gasteiger partial charge < -0.3 is 14.3 Å². The lowest BCUT2D eigenvalue weighted by atomic mass is 10.0. The van der Waals surface area contributed by atoms with E-state index in [0.717, 1.165) is 17.3 Å². The molecule has 5 rings (SSSR count). The van der Waals surface area contributed by atoms with Crippen molar-refractivity contribution in [2.45, 2.75) is 16.7 Å². The quantitative estimate of drug-likeness (QED) is 0.322. The van der Waals surface area contributed by atoms with Crippen LogP contribution in [0.4, 0.5) is 4.39 Å². The van der Waals surface area contributed by atoms with E-state index in [-0.39, 0.29) is 15.9 Å². The topological polar surface area (TPSA) is 81.7 Å². The van der Waals surface area contributed by atoms with Gasteiger partial charge in [-0.3, -0.25) is 9.36 Å². The third-order valence-corrected chi connectivity index (χ3v) is 6.82. The molecule has 180 valence electrons. The summed E-state index contributed by atoms with van der Waals surface area (Å²) in [4.78, 5) is 27.1. The number of aromatic nitrogens is 1. The number of halogens is 1. The highest BCUT2D eigenvalue weighted by Crippen LogP contribution is 2.38. The molecule has 0 unspecified atom stereocenters. The zero-order valence-electron chi connectivity index (χ0n) is 19.3. The number of pyridine rings is 1. The highest BCUT2D eigenvalue weighted by molar-refractivity contribution is 7.99. The summed E-state index contributed by atoms with van der Waals surface area (Å²) in [6.45, 7) is 1.72. The Labute approximate surface area is 209 Å². The number of hydrogen-bond donors (Lipinski definition) is 1. The van der Waals surface area contributed by atoms with Crippen LogP contribution in [-0.2, 0) is 0 Å². The monoisotopic (exact) mass is 501 g/mol. The first-order valence-corrected chi connectivity index (χ1v) is 11.8. The maximum atomic E-state index is 14.0. The number of aryl methyl sites for hydroxylation is 1. The second-order valence-electron chi connectivity index (χ2n) is 8.01. The molecule has 0 spiro atoms. The van der Waals surface area contributed by atoms with Crippen LogP contribution in [0.15, 0.2) is 103 Å². The number of hydrogen-bond acceptors (Lipinski definition) is 6. The number of methoxy groups -OCH3 is 1. The summed E-state index contributed by atoms with van der Waals surface area (Å²) in [6, 6.07) is 21.8. The number of ether oxygens (including phenoxy) is 1. The lowest BCUT2D eigenvalue weighted by Crippen LogP contribution is -2.23. The van der Waals surface area contributed by atoms with Crippen LogP contribution in [0, 0.1) is 12.7 Å². The molecule has 0 aliphatic heterocycles. The van der Waals surface area contributed by atoms with Crippen LogP contribution in [0.5, 0.6) is 11.5 Å². The van der Waals surface area contributed by atoms with Crippen molar-refractivity contribution in [3.63, 3.8) is 0 Å². The Morgan fingerprint density at radius 2 is 1.72 bits per heavy atom. The molecule has 0 fully saturated rings. The molecule has 5 aromatic rings. The zero-order chi connectivity index (χ0) is 25.4. The van der Waals surface area contributed by atoms with Crippen LogP contribution in [0.25, 0.3) is 27.9 Å². The van der Waals surface area contributed by atoms with E-state index < -0.39 is 22.8 Å². The smallest absolute Gasteiger partial charge is 0.354 e. The molecular formula is C28H20FNO5S. The molecule has 0 radical (unpaired) electrons. The molecule has 36 heavy (non-hydrogen) atoms. The number of rotatable bonds is 5. The molecule has 0 saturated carbocycles. The molecular weight excluding hydrogens is 481 g/mol. The highest BCUT2D eigenvalue weighted by atomic mass is 32.2. The summed E-state index contributed by atoms with van der Waals surface area (Å²) in [5, 5.41) is 11.0. The summed E-state index contributed by atoms with van der Waals surface area (Å²) >= 11 is 0.828. The second-order valence-corrected chi connectivity index (χ2v) is 9.10. The minimum absolute atomic E-state index is 0.0101. The van der Waals surface area contributed by atoms with E-state index in [1.54, 1.807) is 37.3 Å². The summed E-state index contributed by atoms with van der Waals surface area (Å²) in [5.74, 6) is -0.462. The lowest BCUT2D eigenvalue weighted by molar-refractivity contribution is 0.414. The first kappa shape index (κ1) is 23.4.